The lowest BCUT2D eigenvalue weighted by Crippen LogP contribution is -2.44. The number of ether oxygens (including phenoxy) is 1. The highest BCUT2D eigenvalue weighted by Crippen LogP contribution is 2.30. The van der Waals surface area contributed by atoms with Crippen LogP contribution in [0.1, 0.15) is 37.1 Å². The quantitative estimate of drug-likeness (QED) is 0.539. The molecule has 2 amide bonds. The summed E-state index contributed by atoms with van der Waals surface area (Å²) >= 11 is 0. The van der Waals surface area contributed by atoms with Crippen LogP contribution in [0.25, 0.3) is 11.4 Å². The summed E-state index contributed by atoms with van der Waals surface area (Å²) in [6.45, 7) is 0.233. The Morgan fingerprint density at radius 3 is 2.61 bits per heavy atom. The largest absolute Gasteiger partial charge is 0.497 e. The van der Waals surface area contributed by atoms with Crippen LogP contribution in [0.15, 0.2) is 59.1 Å². The van der Waals surface area contributed by atoms with Crippen molar-refractivity contribution in [3.8, 4) is 17.1 Å². The summed E-state index contributed by atoms with van der Waals surface area (Å²) < 4.78 is 10.6. The number of nitrogens with one attached hydrogen (secondary N) is 1. The van der Waals surface area contributed by atoms with Crippen molar-refractivity contribution >= 4 is 11.8 Å². The maximum absolute atomic E-state index is 12.8. The van der Waals surface area contributed by atoms with Gasteiger partial charge in [0.15, 0.2) is 0 Å². The highest BCUT2D eigenvalue weighted by Gasteiger charge is 2.38. The number of hydrogen-bond donors (Lipinski definition) is 1. The molecule has 1 aliphatic heterocycles. The van der Waals surface area contributed by atoms with Gasteiger partial charge in [0.05, 0.1) is 13.7 Å². The molecule has 1 saturated heterocycles. The molecule has 33 heavy (non-hydrogen) atoms. The standard InChI is InChI=1S/C25H28N4O4/c1-29(17-22-26-24(28-33-22)19-6-4-3-5-7-19)23(31)13-15-25(14-12-21(30)27-25)16-18-8-10-20(32-2)11-9-18/h3-11H,12-17H2,1-2H3,(H,27,30). The first-order valence-electron chi connectivity index (χ1n) is 11.0. The lowest BCUT2D eigenvalue weighted by molar-refractivity contribution is -0.131. The third-order valence-corrected chi connectivity index (χ3v) is 6.05. The molecular weight excluding hydrogens is 420 g/mol. The van der Waals surface area contributed by atoms with Crippen molar-refractivity contribution in [3.05, 3.63) is 66.1 Å². The normalized spacial score (nSPS) is 17.6. The second-order valence-corrected chi connectivity index (χ2v) is 8.48. The Morgan fingerprint density at radius 1 is 1.18 bits per heavy atom. The van der Waals surface area contributed by atoms with Crippen LogP contribution in [0, 0.1) is 0 Å². The Bertz CT molecular complexity index is 1100. The highest BCUT2D eigenvalue weighted by molar-refractivity contribution is 5.80. The number of methoxy groups -OCH3 is 1. The van der Waals surface area contributed by atoms with Crippen molar-refractivity contribution in [2.75, 3.05) is 14.2 Å². The van der Waals surface area contributed by atoms with E-state index < -0.39 is 5.54 Å². The monoisotopic (exact) mass is 448 g/mol. The number of amides is 2. The fourth-order valence-electron chi connectivity index (χ4n) is 4.17. The zero-order chi connectivity index (χ0) is 23.3. The molecule has 1 unspecified atom stereocenters. The van der Waals surface area contributed by atoms with E-state index in [2.05, 4.69) is 15.5 Å². The number of carbonyl (C=O) groups excluding carboxylic acids is 2. The molecule has 0 radical (unpaired) electrons. The number of hydrogen-bond acceptors (Lipinski definition) is 6. The molecule has 0 aliphatic carbocycles. The minimum atomic E-state index is -0.423. The van der Waals surface area contributed by atoms with Crippen LogP contribution < -0.4 is 10.1 Å². The fraction of sp³-hybridized carbons (Fsp3) is 0.360. The van der Waals surface area contributed by atoms with Crippen molar-refractivity contribution in [1.29, 1.82) is 0 Å². The number of aromatic nitrogens is 2. The zero-order valence-corrected chi connectivity index (χ0v) is 18.9. The first kappa shape index (κ1) is 22.5. The first-order valence-corrected chi connectivity index (χ1v) is 11.0. The zero-order valence-electron chi connectivity index (χ0n) is 18.9. The second-order valence-electron chi connectivity index (χ2n) is 8.48. The van der Waals surface area contributed by atoms with Crippen molar-refractivity contribution in [2.24, 2.45) is 0 Å². The van der Waals surface area contributed by atoms with Crippen molar-refractivity contribution in [3.63, 3.8) is 0 Å². The van der Waals surface area contributed by atoms with Crippen LogP contribution in [-0.2, 0) is 22.6 Å². The fourth-order valence-corrected chi connectivity index (χ4v) is 4.17. The van der Waals surface area contributed by atoms with E-state index in [4.69, 9.17) is 9.26 Å². The topological polar surface area (TPSA) is 97.6 Å². The van der Waals surface area contributed by atoms with Gasteiger partial charge in [0.25, 0.3) is 0 Å². The van der Waals surface area contributed by atoms with E-state index in [1.807, 2.05) is 54.6 Å². The molecule has 0 bridgehead atoms. The molecule has 1 aliphatic rings. The summed E-state index contributed by atoms with van der Waals surface area (Å²) in [6, 6.07) is 17.4. The van der Waals surface area contributed by atoms with E-state index in [1.54, 1.807) is 19.1 Å². The summed E-state index contributed by atoms with van der Waals surface area (Å²) in [4.78, 5) is 30.9. The van der Waals surface area contributed by atoms with Gasteiger partial charge in [0, 0.05) is 31.0 Å². The van der Waals surface area contributed by atoms with E-state index in [9.17, 15) is 9.59 Å². The first-order chi connectivity index (χ1) is 16.0. The lowest BCUT2D eigenvalue weighted by atomic mass is 9.85. The average Bonchev–Trinajstić information content (AvgIpc) is 3.45. The van der Waals surface area contributed by atoms with E-state index in [0.29, 0.717) is 43.8 Å². The van der Waals surface area contributed by atoms with Gasteiger partial charge in [-0.05, 0) is 37.0 Å². The highest BCUT2D eigenvalue weighted by atomic mass is 16.5. The Hall–Kier alpha value is -3.68. The number of rotatable bonds is 9. The molecule has 172 valence electrons. The van der Waals surface area contributed by atoms with Gasteiger partial charge < -0.3 is 19.5 Å². The van der Waals surface area contributed by atoms with Gasteiger partial charge in [-0.1, -0.05) is 47.6 Å². The van der Waals surface area contributed by atoms with Gasteiger partial charge in [0.2, 0.25) is 23.5 Å². The van der Waals surface area contributed by atoms with Crippen LogP contribution in [0.3, 0.4) is 0 Å². The van der Waals surface area contributed by atoms with Gasteiger partial charge >= 0.3 is 0 Å². The molecule has 2 heterocycles. The van der Waals surface area contributed by atoms with Gasteiger partial charge in [0.1, 0.15) is 5.75 Å². The Labute approximate surface area is 192 Å². The van der Waals surface area contributed by atoms with E-state index in [0.717, 1.165) is 16.9 Å². The summed E-state index contributed by atoms with van der Waals surface area (Å²) in [6.07, 6.45) is 2.73. The number of nitrogens with zero attached hydrogens (tertiary/aromatic N) is 3. The van der Waals surface area contributed by atoms with E-state index >= 15 is 0 Å². The molecule has 8 heteroatoms. The minimum Gasteiger partial charge on any atom is -0.497 e. The molecule has 3 aromatic rings. The predicted molar refractivity (Wildman–Crippen MR) is 122 cm³/mol. The Morgan fingerprint density at radius 2 is 1.94 bits per heavy atom. The lowest BCUT2D eigenvalue weighted by Gasteiger charge is -2.30. The SMILES string of the molecule is COc1ccc(CC2(CCC(=O)N(C)Cc3nc(-c4ccccc4)no3)CCC(=O)N2)cc1. The van der Waals surface area contributed by atoms with Gasteiger partial charge in [-0.25, -0.2) is 0 Å². The molecule has 1 aromatic heterocycles. The predicted octanol–water partition coefficient (Wildman–Crippen LogP) is 3.38. The molecule has 1 N–H and O–H groups in total. The third-order valence-electron chi connectivity index (χ3n) is 6.05. The molecule has 1 atom stereocenters. The van der Waals surface area contributed by atoms with Crippen molar-refractivity contribution in [1.82, 2.24) is 20.4 Å². The smallest absolute Gasteiger partial charge is 0.246 e. The van der Waals surface area contributed by atoms with Crippen molar-refractivity contribution < 1.29 is 18.8 Å². The number of carbonyl (C=O) groups is 2. The van der Waals surface area contributed by atoms with Crippen LogP contribution in [0.4, 0.5) is 0 Å². The van der Waals surface area contributed by atoms with Crippen LogP contribution >= 0.6 is 0 Å². The molecule has 0 spiro atoms. The number of benzene rings is 2. The molecule has 2 aromatic carbocycles. The average molecular weight is 449 g/mol. The maximum atomic E-state index is 12.8. The molecule has 0 saturated carbocycles. The van der Waals surface area contributed by atoms with Crippen LogP contribution in [0.2, 0.25) is 0 Å². The van der Waals surface area contributed by atoms with Crippen LogP contribution in [-0.4, -0.2) is 46.6 Å². The van der Waals surface area contributed by atoms with Crippen LogP contribution in [0.5, 0.6) is 5.75 Å². The summed E-state index contributed by atoms with van der Waals surface area (Å²) in [7, 11) is 3.35. The van der Waals surface area contributed by atoms with Crippen molar-refractivity contribution in [2.45, 2.75) is 44.2 Å². The summed E-state index contributed by atoms with van der Waals surface area (Å²) in [5, 5.41) is 7.13. The van der Waals surface area contributed by atoms with E-state index in [1.165, 1.54) is 0 Å². The molecular formula is C25H28N4O4. The summed E-state index contributed by atoms with van der Waals surface area (Å²) in [5.41, 5.74) is 1.53. The van der Waals surface area contributed by atoms with E-state index in [-0.39, 0.29) is 18.4 Å². The van der Waals surface area contributed by atoms with Gasteiger partial charge in [-0.15, -0.1) is 0 Å². The summed E-state index contributed by atoms with van der Waals surface area (Å²) in [5.74, 6) is 1.66. The molecule has 8 nitrogen and oxygen atoms in total. The maximum Gasteiger partial charge on any atom is 0.246 e. The Balaban J connectivity index is 1.36. The molecule has 4 rings (SSSR count). The minimum absolute atomic E-state index is 0.0311. The Kier molecular flexibility index (Phi) is 6.72. The second kappa shape index (κ2) is 9.85. The van der Waals surface area contributed by atoms with Gasteiger partial charge in [-0.3, -0.25) is 9.59 Å². The molecule has 1 fully saturated rings. The van der Waals surface area contributed by atoms with Gasteiger partial charge in [-0.2, -0.15) is 4.98 Å². The third kappa shape index (κ3) is 5.58.